The number of H-pyrrole nitrogens is 1. The van der Waals surface area contributed by atoms with E-state index in [0.29, 0.717) is 6.42 Å². The van der Waals surface area contributed by atoms with Gasteiger partial charge in [0.15, 0.2) is 0 Å². The highest BCUT2D eigenvalue weighted by atomic mass is 16.1. The van der Waals surface area contributed by atoms with Crippen molar-refractivity contribution in [3.63, 3.8) is 0 Å². The van der Waals surface area contributed by atoms with Gasteiger partial charge in [-0.1, -0.05) is 26.0 Å². The Morgan fingerprint density at radius 2 is 2.05 bits per heavy atom. The summed E-state index contributed by atoms with van der Waals surface area (Å²) < 4.78 is 0. The number of aromatic amines is 1. The Labute approximate surface area is 120 Å². The van der Waals surface area contributed by atoms with Gasteiger partial charge in [-0.15, -0.1) is 0 Å². The maximum Gasteiger partial charge on any atom is 0.144 e. The van der Waals surface area contributed by atoms with Crippen LogP contribution in [0.3, 0.4) is 0 Å². The molecule has 1 atom stereocenters. The number of nitrogens with zero attached hydrogens (tertiary/aromatic N) is 1. The lowest BCUT2D eigenvalue weighted by molar-refractivity contribution is -0.112. The second-order valence-electron chi connectivity index (χ2n) is 5.21. The van der Waals surface area contributed by atoms with Crippen LogP contribution in [0.15, 0.2) is 30.5 Å². The Balaban J connectivity index is 2.22. The van der Waals surface area contributed by atoms with Crippen LogP contribution in [0.5, 0.6) is 0 Å². The van der Waals surface area contributed by atoms with Crippen LogP contribution in [0.2, 0.25) is 0 Å². The van der Waals surface area contributed by atoms with Crippen LogP contribution in [-0.2, 0) is 10.3 Å². The highest BCUT2D eigenvalue weighted by molar-refractivity contribution is 5.81. The second kappa shape index (κ2) is 6.20. The van der Waals surface area contributed by atoms with E-state index in [1.54, 1.807) is 0 Å². The summed E-state index contributed by atoms with van der Waals surface area (Å²) in [5.41, 5.74) is 7.30. The standard InChI is InChI=1S/C16H23N3O/c1-3-19(4-2)10-8-16(17,12-20)14-6-5-13-7-9-18-15(13)11-14/h5-7,9,11-12,18H,3-4,8,10,17H2,1-2H3. The number of carbonyl (C=O) groups excluding carboxylic acids is 1. The molecule has 4 heteroatoms. The first kappa shape index (κ1) is 14.8. The molecule has 1 unspecified atom stereocenters. The molecule has 2 rings (SSSR count). The first-order valence-corrected chi connectivity index (χ1v) is 7.18. The lowest BCUT2D eigenvalue weighted by atomic mass is 9.88. The fourth-order valence-corrected chi connectivity index (χ4v) is 2.49. The zero-order chi connectivity index (χ0) is 14.6. The largest absolute Gasteiger partial charge is 0.361 e. The van der Waals surface area contributed by atoms with Gasteiger partial charge in [0, 0.05) is 18.3 Å². The Morgan fingerprint density at radius 1 is 1.30 bits per heavy atom. The number of hydrogen-bond acceptors (Lipinski definition) is 3. The summed E-state index contributed by atoms with van der Waals surface area (Å²) in [5.74, 6) is 0. The summed E-state index contributed by atoms with van der Waals surface area (Å²) >= 11 is 0. The molecule has 0 fully saturated rings. The van der Waals surface area contributed by atoms with Gasteiger partial charge in [0.1, 0.15) is 6.29 Å². The molecule has 1 heterocycles. The molecule has 1 aromatic heterocycles. The number of hydrogen-bond donors (Lipinski definition) is 2. The number of aldehydes is 1. The fraction of sp³-hybridized carbons (Fsp3) is 0.438. The monoisotopic (exact) mass is 273 g/mol. The number of aromatic nitrogens is 1. The lowest BCUT2D eigenvalue weighted by Crippen LogP contribution is -2.42. The van der Waals surface area contributed by atoms with Crippen LogP contribution in [0, 0.1) is 0 Å². The van der Waals surface area contributed by atoms with E-state index in [9.17, 15) is 4.79 Å². The molecule has 0 aliphatic rings. The van der Waals surface area contributed by atoms with Crippen molar-refractivity contribution in [3.05, 3.63) is 36.0 Å². The van der Waals surface area contributed by atoms with E-state index in [2.05, 4.69) is 23.7 Å². The highest BCUT2D eigenvalue weighted by Gasteiger charge is 2.27. The van der Waals surface area contributed by atoms with Crippen molar-refractivity contribution in [2.24, 2.45) is 5.73 Å². The maximum absolute atomic E-state index is 11.5. The molecular formula is C16H23N3O. The van der Waals surface area contributed by atoms with Gasteiger partial charge in [-0.2, -0.15) is 0 Å². The van der Waals surface area contributed by atoms with E-state index in [1.807, 2.05) is 30.5 Å². The van der Waals surface area contributed by atoms with Gasteiger partial charge in [-0.25, -0.2) is 0 Å². The SMILES string of the molecule is CCN(CC)CCC(N)(C=O)c1ccc2cc[nH]c2c1. The number of nitrogens with two attached hydrogens (primary N) is 1. The third kappa shape index (κ3) is 2.92. The van der Waals surface area contributed by atoms with Gasteiger partial charge in [0.2, 0.25) is 0 Å². The summed E-state index contributed by atoms with van der Waals surface area (Å²) in [6, 6.07) is 7.94. The second-order valence-corrected chi connectivity index (χ2v) is 5.21. The van der Waals surface area contributed by atoms with Gasteiger partial charge < -0.3 is 20.4 Å². The van der Waals surface area contributed by atoms with Crippen LogP contribution >= 0.6 is 0 Å². The minimum atomic E-state index is -0.915. The van der Waals surface area contributed by atoms with Crippen LogP contribution in [-0.4, -0.2) is 35.8 Å². The molecule has 0 spiro atoms. The van der Waals surface area contributed by atoms with Crippen LogP contribution in [0.25, 0.3) is 10.9 Å². The lowest BCUT2D eigenvalue weighted by Gasteiger charge is -2.27. The van der Waals surface area contributed by atoms with Crippen molar-refractivity contribution in [3.8, 4) is 0 Å². The van der Waals surface area contributed by atoms with E-state index in [0.717, 1.165) is 42.4 Å². The fourth-order valence-electron chi connectivity index (χ4n) is 2.49. The minimum Gasteiger partial charge on any atom is -0.361 e. The third-order valence-electron chi connectivity index (χ3n) is 4.04. The van der Waals surface area contributed by atoms with Crippen molar-refractivity contribution in [2.45, 2.75) is 25.8 Å². The summed E-state index contributed by atoms with van der Waals surface area (Å²) in [5, 5.41) is 1.13. The van der Waals surface area contributed by atoms with E-state index in [4.69, 9.17) is 5.73 Å². The van der Waals surface area contributed by atoms with E-state index < -0.39 is 5.54 Å². The van der Waals surface area contributed by atoms with Crippen LogP contribution in [0.4, 0.5) is 0 Å². The quantitative estimate of drug-likeness (QED) is 0.761. The molecule has 0 aliphatic carbocycles. The molecule has 0 saturated carbocycles. The first-order chi connectivity index (χ1) is 9.62. The average molecular weight is 273 g/mol. The first-order valence-electron chi connectivity index (χ1n) is 7.18. The number of carbonyl (C=O) groups is 1. The van der Waals surface area contributed by atoms with Crippen molar-refractivity contribution < 1.29 is 4.79 Å². The molecule has 0 bridgehead atoms. The highest BCUT2D eigenvalue weighted by Crippen LogP contribution is 2.24. The molecule has 20 heavy (non-hydrogen) atoms. The molecule has 3 N–H and O–H groups in total. The average Bonchev–Trinajstić information content (AvgIpc) is 2.95. The van der Waals surface area contributed by atoms with Gasteiger partial charge in [-0.3, -0.25) is 0 Å². The Kier molecular flexibility index (Phi) is 4.57. The van der Waals surface area contributed by atoms with E-state index in [-0.39, 0.29) is 0 Å². The normalized spacial score (nSPS) is 14.6. The molecule has 0 aliphatic heterocycles. The molecule has 0 amide bonds. The minimum absolute atomic E-state index is 0.629. The van der Waals surface area contributed by atoms with Crippen molar-refractivity contribution >= 4 is 17.2 Å². The Hall–Kier alpha value is -1.65. The summed E-state index contributed by atoms with van der Waals surface area (Å²) in [7, 11) is 0. The molecule has 2 aromatic rings. The summed E-state index contributed by atoms with van der Waals surface area (Å²) in [6.07, 6.45) is 3.40. The molecule has 1 aromatic carbocycles. The van der Waals surface area contributed by atoms with Gasteiger partial charge >= 0.3 is 0 Å². The summed E-state index contributed by atoms with van der Waals surface area (Å²) in [4.78, 5) is 17.0. The zero-order valence-corrected chi connectivity index (χ0v) is 12.2. The smallest absolute Gasteiger partial charge is 0.144 e. The van der Waals surface area contributed by atoms with Gasteiger partial charge in [-0.05, 0) is 42.6 Å². The predicted molar refractivity (Wildman–Crippen MR) is 82.6 cm³/mol. The number of nitrogens with one attached hydrogen (secondary N) is 1. The van der Waals surface area contributed by atoms with Gasteiger partial charge in [0.25, 0.3) is 0 Å². The number of benzene rings is 1. The maximum atomic E-state index is 11.5. The summed E-state index contributed by atoms with van der Waals surface area (Å²) in [6.45, 7) is 7.01. The predicted octanol–water partition coefficient (Wildman–Crippen LogP) is 2.25. The van der Waals surface area contributed by atoms with Crippen molar-refractivity contribution in [1.29, 1.82) is 0 Å². The molecule has 108 valence electrons. The van der Waals surface area contributed by atoms with Crippen LogP contribution in [0.1, 0.15) is 25.8 Å². The molecular weight excluding hydrogens is 250 g/mol. The number of rotatable bonds is 7. The number of fused-ring (bicyclic) bond motifs is 1. The molecule has 0 radical (unpaired) electrons. The molecule has 4 nitrogen and oxygen atoms in total. The van der Waals surface area contributed by atoms with Crippen molar-refractivity contribution in [1.82, 2.24) is 9.88 Å². The van der Waals surface area contributed by atoms with E-state index >= 15 is 0 Å². The molecule has 0 saturated heterocycles. The van der Waals surface area contributed by atoms with Gasteiger partial charge in [0.05, 0.1) is 5.54 Å². The third-order valence-corrected chi connectivity index (χ3v) is 4.04. The van der Waals surface area contributed by atoms with Crippen molar-refractivity contribution in [2.75, 3.05) is 19.6 Å². The van der Waals surface area contributed by atoms with Crippen LogP contribution < -0.4 is 5.73 Å². The zero-order valence-electron chi connectivity index (χ0n) is 12.2. The topological polar surface area (TPSA) is 62.1 Å². The Morgan fingerprint density at radius 3 is 2.70 bits per heavy atom. The Bertz CT molecular complexity index is 574. The van der Waals surface area contributed by atoms with E-state index in [1.165, 1.54) is 0 Å².